The number of hydrogen-bond donors (Lipinski definition) is 4. The molecule has 0 aliphatic carbocycles. The van der Waals surface area contributed by atoms with E-state index in [9.17, 15) is 9.59 Å². The van der Waals surface area contributed by atoms with Crippen molar-refractivity contribution < 1.29 is 9.59 Å². The van der Waals surface area contributed by atoms with E-state index in [0.29, 0.717) is 22.5 Å². The van der Waals surface area contributed by atoms with E-state index < -0.39 is 11.9 Å². The Bertz CT molecular complexity index is 646. The maximum absolute atomic E-state index is 11.4. The van der Waals surface area contributed by atoms with Gasteiger partial charge >= 0.3 is 6.03 Å². The monoisotopic (exact) mass is 258 g/mol. The number of aromatic nitrogens is 1. The number of hydrogen-bond acceptors (Lipinski definition) is 2. The Balaban J connectivity index is 2.61. The fourth-order valence-corrected chi connectivity index (χ4v) is 1.96. The van der Waals surface area contributed by atoms with Crippen molar-refractivity contribution in [2.24, 2.45) is 11.5 Å². The van der Waals surface area contributed by atoms with Gasteiger partial charge in [0.05, 0.1) is 16.9 Å². The van der Waals surface area contributed by atoms with Gasteiger partial charge in [-0.2, -0.15) is 0 Å². The van der Waals surface area contributed by atoms with Crippen LogP contribution in [0.4, 0.5) is 10.5 Å². The molecule has 0 fully saturated rings. The first-order valence-electron chi connectivity index (χ1n) is 5.64. The minimum Gasteiger partial charge on any atom is -0.366 e. The summed E-state index contributed by atoms with van der Waals surface area (Å²) in [5.74, 6) is -0.539. The van der Waals surface area contributed by atoms with Crippen molar-refractivity contribution in [2.45, 2.75) is 6.92 Å². The van der Waals surface area contributed by atoms with Gasteiger partial charge in [0, 0.05) is 11.8 Å². The Labute approximate surface area is 109 Å². The van der Waals surface area contributed by atoms with Gasteiger partial charge in [-0.25, -0.2) is 4.79 Å². The number of rotatable bonds is 3. The number of carbonyl (C=O) groups is 2. The number of H-pyrrole nitrogens is 1. The minimum atomic E-state index is -0.664. The molecule has 6 nitrogen and oxygen atoms in total. The maximum Gasteiger partial charge on any atom is 0.316 e. The van der Waals surface area contributed by atoms with Crippen LogP contribution in [0.3, 0.4) is 0 Å². The lowest BCUT2D eigenvalue weighted by atomic mass is 10.0. The van der Waals surface area contributed by atoms with Gasteiger partial charge < -0.3 is 21.8 Å². The standard InChI is InChI=1S/C13H14N4O2/c1-7-3-2-4-8(10(7)17-13(15)19)11-9(12(14)18)5-6-16-11/h2-6,16H,1H3,(H2,14,18)(H3,15,17,19). The first-order chi connectivity index (χ1) is 9.00. The normalized spacial score (nSPS) is 10.2. The number of benzene rings is 1. The highest BCUT2D eigenvalue weighted by Gasteiger charge is 2.16. The van der Waals surface area contributed by atoms with Crippen molar-refractivity contribution in [1.82, 2.24) is 4.98 Å². The molecule has 0 aliphatic rings. The lowest BCUT2D eigenvalue weighted by Gasteiger charge is -2.12. The third-order valence-electron chi connectivity index (χ3n) is 2.80. The molecule has 1 heterocycles. The first kappa shape index (κ1) is 12.7. The van der Waals surface area contributed by atoms with Crippen LogP contribution in [-0.4, -0.2) is 16.9 Å². The predicted molar refractivity (Wildman–Crippen MR) is 72.7 cm³/mol. The predicted octanol–water partition coefficient (Wildman–Crippen LogP) is 1.58. The first-order valence-corrected chi connectivity index (χ1v) is 5.64. The molecule has 0 aliphatic heterocycles. The molecular formula is C13H14N4O2. The number of aromatic amines is 1. The number of carbonyl (C=O) groups excluding carboxylic acids is 2. The average Bonchev–Trinajstić information content (AvgIpc) is 2.80. The van der Waals surface area contributed by atoms with Crippen LogP contribution < -0.4 is 16.8 Å². The molecule has 0 spiro atoms. The van der Waals surface area contributed by atoms with E-state index in [1.807, 2.05) is 19.1 Å². The molecule has 0 saturated carbocycles. The summed E-state index contributed by atoms with van der Waals surface area (Å²) >= 11 is 0. The summed E-state index contributed by atoms with van der Waals surface area (Å²) in [4.78, 5) is 25.4. The second-order valence-corrected chi connectivity index (χ2v) is 4.12. The van der Waals surface area contributed by atoms with E-state index in [-0.39, 0.29) is 0 Å². The highest BCUT2D eigenvalue weighted by molar-refractivity contribution is 6.02. The van der Waals surface area contributed by atoms with Gasteiger partial charge in [-0.1, -0.05) is 18.2 Å². The van der Waals surface area contributed by atoms with Crippen molar-refractivity contribution in [1.29, 1.82) is 0 Å². The SMILES string of the molecule is Cc1cccc(-c2[nH]ccc2C(N)=O)c1NC(N)=O. The van der Waals surface area contributed by atoms with Gasteiger partial charge in [0.25, 0.3) is 5.91 Å². The van der Waals surface area contributed by atoms with Gasteiger partial charge in [-0.05, 0) is 18.6 Å². The number of aryl methyl sites for hydroxylation is 1. The molecule has 19 heavy (non-hydrogen) atoms. The quantitative estimate of drug-likeness (QED) is 0.669. The smallest absolute Gasteiger partial charge is 0.316 e. The molecule has 98 valence electrons. The lowest BCUT2D eigenvalue weighted by molar-refractivity contribution is 0.100. The van der Waals surface area contributed by atoms with Gasteiger partial charge in [0.2, 0.25) is 0 Å². The zero-order valence-corrected chi connectivity index (χ0v) is 10.4. The largest absolute Gasteiger partial charge is 0.366 e. The van der Waals surface area contributed by atoms with E-state index in [4.69, 9.17) is 11.5 Å². The Morgan fingerprint density at radius 3 is 2.58 bits per heavy atom. The second-order valence-electron chi connectivity index (χ2n) is 4.12. The maximum atomic E-state index is 11.4. The summed E-state index contributed by atoms with van der Waals surface area (Å²) < 4.78 is 0. The molecular weight excluding hydrogens is 244 g/mol. The van der Waals surface area contributed by atoms with Crippen LogP contribution in [0.25, 0.3) is 11.3 Å². The molecule has 0 radical (unpaired) electrons. The number of nitrogens with two attached hydrogens (primary N) is 2. The van der Waals surface area contributed by atoms with Crippen LogP contribution >= 0.6 is 0 Å². The van der Waals surface area contributed by atoms with E-state index in [0.717, 1.165) is 5.56 Å². The summed E-state index contributed by atoms with van der Waals surface area (Å²) in [6, 6.07) is 6.36. The van der Waals surface area contributed by atoms with E-state index in [2.05, 4.69) is 10.3 Å². The molecule has 2 aromatic rings. The number of amides is 3. The second kappa shape index (κ2) is 4.85. The molecule has 1 aromatic heterocycles. The molecule has 0 unspecified atom stereocenters. The topological polar surface area (TPSA) is 114 Å². The summed E-state index contributed by atoms with van der Waals surface area (Å²) in [6.45, 7) is 1.83. The summed E-state index contributed by atoms with van der Waals surface area (Å²) in [6.07, 6.45) is 1.62. The van der Waals surface area contributed by atoms with Crippen molar-refractivity contribution in [3.8, 4) is 11.3 Å². The van der Waals surface area contributed by atoms with Crippen LogP contribution in [0.1, 0.15) is 15.9 Å². The Hall–Kier alpha value is -2.76. The summed E-state index contributed by atoms with van der Waals surface area (Å²) in [5.41, 5.74) is 13.4. The van der Waals surface area contributed by atoms with E-state index in [1.165, 1.54) is 0 Å². The zero-order valence-electron chi connectivity index (χ0n) is 10.4. The highest BCUT2D eigenvalue weighted by Crippen LogP contribution is 2.31. The molecule has 3 amide bonds. The van der Waals surface area contributed by atoms with Crippen LogP contribution in [0.15, 0.2) is 30.5 Å². The number of nitrogens with one attached hydrogen (secondary N) is 2. The highest BCUT2D eigenvalue weighted by atomic mass is 16.2. The average molecular weight is 258 g/mol. The lowest BCUT2D eigenvalue weighted by Crippen LogP contribution is -2.20. The summed E-state index contributed by atoms with van der Waals surface area (Å²) in [7, 11) is 0. The van der Waals surface area contributed by atoms with Crippen molar-refractivity contribution in [2.75, 3.05) is 5.32 Å². The number of urea groups is 1. The van der Waals surface area contributed by atoms with Crippen LogP contribution in [0.2, 0.25) is 0 Å². The molecule has 1 aromatic carbocycles. The Morgan fingerprint density at radius 2 is 1.95 bits per heavy atom. The van der Waals surface area contributed by atoms with Gasteiger partial charge in [0.15, 0.2) is 0 Å². The van der Waals surface area contributed by atoms with Crippen molar-refractivity contribution in [3.05, 3.63) is 41.6 Å². The minimum absolute atomic E-state index is 0.359. The Morgan fingerprint density at radius 1 is 1.21 bits per heavy atom. The van der Waals surface area contributed by atoms with Gasteiger partial charge in [-0.3, -0.25) is 4.79 Å². The zero-order chi connectivity index (χ0) is 14.0. The Kier molecular flexibility index (Phi) is 3.24. The third kappa shape index (κ3) is 2.42. The fourth-order valence-electron chi connectivity index (χ4n) is 1.96. The number of anilines is 1. The fraction of sp³-hybridized carbons (Fsp3) is 0.0769. The van der Waals surface area contributed by atoms with Crippen LogP contribution in [0, 0.1) is 6.92 Å². The van der Waals surface area contributed by atoms with Crippen LogP contribution in [0.5, 0.6) is 0 Å². The van der Waals surface area contributed by atoms with E-state index in [1.54, 1.807) is 18.3 Å². The van der Waals surface area contributed by atoms with Crippen LogP contribution in [-0.2, 0) is 0 Å². The third-order valence-corrected chi connectivity index (χ3v) is 2.80. The van der Waals surface area contributed by atoms with Gasteiger partial charge in [-0.15, -0.1) is 0 Å². The molecule has 6 heteroatoms. The molecule has 0 saturated heterocycles. The molecule has 0 atom stereocenters. The van der Waals surface area contributed by atoms with Crippen molar-refractivity contribution >= 4 is 17.6 Å². The van der Waals surface area contributed by atoms with Crippen molar-refractivity contribution in [3.63, 3.8) is 0 Å². The molecule has 0 bridgehead atoms. The number of primary amides is 2. The number of para-hydroxylation sites is 1. The summed E-state index contributed by atoms with van der Waals surface area (Å²) in [5, 5.41) is 2.56. The molecule has 6 N–H and O–H groups in total. The van der Waals surface area contributed by atoms with Gasteiger partial charge in [0.1, 0.15) is 0 Å². The van der Waals surface area contributed by atoms with E-state index >= 15 is 0 Å². The molecule has 2 rings (SSSR count).